The molecule has 0 aromatic heterocycles. The smallest absolute Gasteiger partial charge is 0.106 e. The van der Waals surface area contributed by atoms with E-state index in [9.17, 15) is 5.11 Å². The summed E-state index contributed by atoms with van der Waals surface area (Å²) in [6.45, 7) is 6.86. The first kappa shape index (κ1) is 17.9. The molecular weight excluding hydrogens is 264 g/mol. The Bertz CT molecular complexity index is 423. The fourth-order valence-electron chi connectivity index (χ4n) is 2.09. The summed E-state index contributed by atoms with van der Waals surface area (Å²) in [5.74, 6) is 0. The van der Waals surface area contributed by atoms with Gasteiger partial charge in [0.05, 0.1) is 18.8 Å². The molecule has 1 N–H and O–H groups in total. The molecule has 0 saturated heterocycles. The molecule has 0 saturated carbocycles. The van der Waals surface area contributed by atoms with Gasteiger partial charge < -0.3 is 14.6 Å². The van der Waals surface area contributed by atoms with Crippen molar-refractivity contribution >= 4 is 0 Å². The van der Waals surface area contributed by atoms with Gasteiger partial charge >= 0.3 is 0 Å². The van der Waals surface area contributed by atoms with Crippen LogP contribution in [0.3, 0.4) is 0 Å². The molecule has 0 fully saturated rings. The number of methoxy groups -OCH3 is 1. The van der Waals surface area contributed by atoms with Gasteiger partial charge in [0.1, 0.15) is 6.10 Å². The normalized spacial score (nSPS) is 15.3. The average Bonchev–Trinajstić information content (AvgIpc) is 2.47. The van der Waals surface area contributed by atoms with Crippen molar-refractivity contribution in [3.8, 4) is 0 Å². The van der Waals surface area contributed by atoms with E-state index in [1.807, 2.05) is 37.3 Å². The molecule has 0 radical (unpaired) electrons. The SMILES string of the molecule is COC(C)(CCC=C(C)C)C(O)COCc1ccccc1. The summed E-state index contributed by atoms with van der Waals surface area (Å²) in [7, 11) is 1.64. The molecule has 0 aliphatic carbocycles. The maximum Gasteiger partial charge on any atom is 0.106 e. The lowest BCUT2D eigenvalue weighted by molar-refractivity contribution is -0.122. The Morgan fingerprint density at radius 1 is 1.29 bits per heavy atom. The molecule has 118 valence electrons. The third-order valence-electron chi connectivity index (χ3n) is 3.75. The van der Waals surface area contributed by atoms with Gasteiger partial charge in [0.25, 0.3) is 0 Å². The maximum atomic E-state index is 10.3. The van der Waals surface area contributed by atoms with Crippen LogP contribution in [0.2, 0.25) is 0 Å². The summed E-state index contributed by atoms with van der Waals surface area (Å²) in [5.41, 5.74) is 1.81. The van der Waals surface area contributed by atoms with E-state index in [0.717, 1.165) is 18.4 Å². The van der Waals surface area contributed by atoms with Gasteiger partial charge in [0.2, 0.25) is 0 Å². The van der Waals surface area contributed by atoms with Crippen molar-refractivity contribution in [2.75, 3.05) is 13.7 Å². The molecule has 2 atom stereocenters. The van der Waals surface area contributed by atoms with Crippen molar-refractivity contribution < 1.29 is 14.6 Å². The zero-order chi connectivity index (χ0) is 15.7. The number of hydrogen-bond acceptors (Lipinski definition) is 3. The number of aliphatic hydroxyl groups excluding tert-OH is 1. The molecule has 0 spiro atoms. The van der Waals surface area contributed by atoms with Gasteiger partial charge in [-0.05, 0) is 39.2 Å². The second-order valence-corrected chi connectivity index (χ2v) is 5.85. The maximum absolute atomic E-state index is 10.3. The first-order valence-electron chi connectivity index (χ1n) is 7.46. The van der Waals surface area contributed by atoms with E-state index in [4.69, 9.17) is 9.47 Å². The third kappa shape index (κ3) is 6.42. The van der Waals surface area contributed by atoms with Crippen LogP contribution in [0.1, 0.15) is 39.2 Å². The van der Waals surface area contributed by atoms with E-state index in [2.05, 4.69) is 19.9 Å². The molecule has 0 bridgehead atoms. The lowest BCUT2D eigenvalue weighted by atomic mass is 9.93. The first-order valence-corrected chi connectivity index (χ1v) is 7.46. The average molecular weight is 292 g/mol. The van der Waals surface area contributed by atoms with Crippen molar-refractivity contribution in [1.29, 1.82) is 0 Å². The van der Waals surface area contributed by atoms with Gasteiger partial charge in [-0.15, -0.1) is 0 Å². The number of hydrogen-bond donors (Lipinski definition) is 1. The second kappa shape index (κ2) is 8.98. The predicted octanol–water partition coefficient (Wildman–Crippen LogP) is 3.72. The van der Waals surface area contributed by atoms with Crippen LogP contribution < -0.4 is 0 Å². The Labute approximate surface area is 128 Å². The Kier molecular flexibility index (Phi) is 7.65. The van der Waals surface area contributed by atoms with Gasteiger partial charge in [-0.3, -0.25) is 0 Å². The fourth-order valence-corrected chi connectivity index (χ4v) is 2.09. The molecule has 3 heteroatoms. The monoisotopic (exact) mass is 292 g/mol. The van der Waals surface area contributed by atoms with E-state index in [0.29, 0.717) is 6.61 Å². The zero-order valence-corrected chi connectivity index (χ0v) is 13.6. The molecular formula is C18H28O3. The van der Waals surface area contributed by atoms with E-state index in [1.54, 1.807) is 7.11 Å². The van der Waals surface area contributed by atoms with Crippen LogP contribution >= 0.6 is 0 Å². The molecule has 0 aliphatic heterocycles. The number of ether oxygens (including phenoxy) is 2. The Morgan fingerprint density at radius 2 is 1.95 bits per heavy atom. The Balaban J connectivity index is 2.42. The molecule has 0 amide bonds. The summed E-state index contributed by atoms with van der Waals surface area (Å²) in [5, 5.41) is 10.3. The van der Waals surface area contributed by atoms with E-state index in [-0.39, 0.29) is 6.61 Å². The third-order valence-corrected chi connectivity index (χ3v) is 3.75. The lowest BCUT2D eigenvalue weighted by Gasteiger charge is -2.33. The fraction of sp³-hybridized carbons (Fsp3) is 0.556. The van der Waals surface area contributed by atoms with Gasteiger partial charge in [-0.2, -0.15) is 0 Å². The standard InChI is InChI=1S/C18H28O3/c1-15(2)9-8-12-18(3,20-4)17(19)14-21-13-16-10-6-5-7-11-16/h5-7,9-11,17,19H,8,12-14H2,1-4H3. The molecule has 1 aromatic rings. The molecule has 1 rings (SSSR count). The molecule has 21 heavy (non-hydrogen) atoms. The van der Waals surface area contributed by atoms with Crippen molar-refractivity contribution in [3.05, 3.63) is 47.5 Å². The quantitative estimate of drug-likeness (QED) is 0.705. The number of benzene rings is 1. The van der Waals surface area contributed by atoms with Crippen LogP contribution in [0.25, 0.3) is 0 Å². The van der Waals surface area contributed by atoms with Crippen molar-refractivity contribution in [2.24, 2.45) is 0 Å². The van der Waals surface area contributed by atoms with Crippen LogP contribution in [0.4, 0.5) is 0 Å². The highest BCUT2D eigenvalue weighted by Gasteiger charge is 2.32. The van der Waals surface area contributed by atoms with Crippen LogP contribution in [-0.2, 0) is 16.1 Å². The first-order chi connectivity index (χ1) is 9.98. The van der Waals surface area contributed by atoms with Crippen molar-refractivity contribution in [1.82, 2.24) is 0 Å². The summed E-state index contributed by atoms with van der Waals surface area (Å²) >= 11 is 0. The van der Waals surface area contributed by atoms with E-state index >= 15 is 0 Å². The Hall–Kier alpha value is -1.16. The van der Waals surface area contributed by atoms with Gasteiger partial charge in [0.15, 0.2) is 0 Å². The highest BCUT2D eigenvalue weighted by Crippen LogP contribution is 2.23. The molecule has 1 aromatic carbocycles. The molecule has 0 aliphatic rings. The highest BCUT2D eigenvalue weighted by atomic mass is 16.5. The topological polar surface area (TPSA) is 38.7 Å². The van der Waals surface area contributed by atoms with Crippen LogP contribution in [0.5, 0.6) is 0 Å². The molecule has 0 heterocycles. The summed E-state index contributed by atoms with van der Waals surface area (Å²) in [4.78, 5) is 0. The van der Waals surface area contributed by atoms with E-state index in [1.165, 1.54) is 5.57 Å². The number of allylic oxidation sites excluding steroid dienone is 2. The summed E-state index contributed by atoms with van der Waals surface area (Å²) in [6, 6.07) is 9.96. The van der Waals surface area contributed by atoms with Crippen LogP contribution in [-0.4, -0.2) is 30.5 Å². The van der Waals surface area contributed by atoms with Gasteiger partial charge in [-0.1, -0.05) is 42.0 Å². The van der Waals surface area contributed by atoms with Crippen molar-refractivity contribution in [3.63, 3.8) is 0 Å². The highest BCUT2D eigenvalue weighted by molar-refractivity contribution is 5.13. The minimum atomic E-state index is -0.642. The van der Waals surface area contributed by atoms with E-state index < -0.39 is 11.7 Å². The minimum absolute atomic E-state index is 0.272. The Morgan fingerprint density at radius 3 is 2.52 bits per heavy atom. The predicted molar refractivity (Wildman–Crippen MR) is 86.2 cm³/mol. The second-order valence-electron chi connectivity index (χ2n) is 5.85. The minimum Gasteiger partial charge on any atom is -0.388 e. The van der Waals surface area contributed by atoms with Crippen LogP contribution in [0, 0.1) is 0 Å². The van der Waals surface area contributed by atoms with Crippen molar-refractivity contribution in [2.45, 2.75) is 51.9 Å². The zero-order valence-electron chi connectivity index (χ0n) is 13.6. The molecule has 2 unspecified atom stereocenters. The summed E-state index contributed by atoms with van der Waals surface area (Å²) in [6.07, 6.45) is 3.18. The summed E-state index contributed by atoms with van der Waals surface area (Å²) < 4.78 is 11.1. The van der Waals surface area contributed by atoms with Gasteiger partial charge in [0, 0.05) is 7.11 Å². The largest absolute Gasteiger partial charge is 0.388 e. The number of aliphatic hydroxyl groups is 1. The van der Waals surface area contributed by atoms with Gasteiger partial charge in [-0.25, -0.2) is 0 Å². The lowest BCUT2D eigenvalue weighted by Crippen LogP contribution is -2.44. The molecule has 3 nitrogen and oxygen atoms in total. The van der Waals surface area contributed by atoms with Crippen LogP contribution in [0.15, 0.2) is 42.0 Å². The number of rotatable bonds is 9.